The van der Waals surface area contributed by atoms with Crippen molar-refractivity contribution in [2.45, 2.75) is 69.9 Å². The fraction of sp³-hybridized carbons (Fsp3) is 0.700. The number of nitrogens with one attached hydrogen (secondary N) is 3. The third-order valence-electron chi connectivity index (χ3n) is 5.68. The van der Waals surface area contributed by atoms with Gasteiger partial charge in [0.05, 0.1) is 0 Å². The third kappa shape index (κ3) is 6.82. The molecular formula is C20H32ClN5O3. The summed E-state index contributed by atoms with van der Waals surface area (Å²) in [6.45, 7) is 1.83. The summed E-state index contributed by atoms with van der Waals surface area (Å²) in [7, 11) is 0. The number of amides is 2. The minimum Gasteiger partial charge on any atom is -0.353 e. The Morgan fingerprint density at radius 1 is 1.03 bits per heavy atom. The number of piperidine rings is 1. The molecule has 9 heteroatoms. The first kappa shape index (κ1) is 23.3. The van der Waals surface area contributed by atoms with Gasteiger partial charge in [0.15, 0.2) is 0 Å². The van der Waals surface area contributed by atoms with Crippen LogP contribution in [0.1, 0.15) is 68.3 Å². The van der Waals surface area contributed by atoms with Gasteiger partial charge in [-0.2, -0.15) is 5.10 Å². The number of carbonyl (C=O) groups excluding carboxylic acids is 2. The fourth-order valence-corrected chi connectivity index (χ4v) is 4.12. The Bertz CT molecular complexity index is 698. The number of hydrogen-bond acceptors (Lipinski definition) is 5. The molecule has 1 aliphatic carbocycles. The molecule has 1 aromatic heterocycles. The second-order valence-electron chi connectivity index (χ2n) is 7.75. The number of carbonyl (C=O) groups is 2. The van der Waals surface area contributed by atoms with E-state index in [0.29, 0.717) is 25.6 Å². The minimum absolute atomic E-state index is 0. The second kappa shape index (κ2) is 11.9. The summed E-state index contributed by atoms with van der Waals surface area (Å²) >= 11 is 0. The van der Waals surface area contributed by atoms with E-state index in [2.05, 4.69) is 20.8 Å². The molecule has 0 spiro atoms. The molecule has 3 N–H and O–H groups in total. The van der Waals surface area contributed by atoms with Crippen molar-refractivity contribution in [3.8, 4) is 0 Å². The zero-order valence-corrected chi connectivity index (χ0v) is 17.6. The lowest BCUT2D eigenvalue weighted by molar-refractivity contribution is -0.126. The minimum atomic E-state index is -0.479. The Labute approximate surface area is 177 Å². The largest absolute Gasteiger partial charge is 0.353 e. The second-order valence-corrected chi connectivity index (χ2v) is 7.75. The van der Waals surface area contributed by atoms with Crippen molar-refractivity contribution in [2.24, 2.45) is 0 Å². The molecule has 1 aliphatic heterocycles. The zero-order valence-electron chi connectivity index (χ0n) is 16.8. The molecule has 8 nitrogen and oxygen atoms in total. The molecule has 1 aromatic rings. The Hall–Kier alpha value is -1.93. The molecule has 2 fully saturated rings. The van der Waals surface area contributed by atoms with Gasteiger partial charge < -0.3 is 15.5 Å². The molecule has 1 saturated carbocycles. The van der Waals surface area contributed by atoms with Gasteiger partial charge in [-0.05, 0) is 38.2 Å². The van der Waals surface area contributed by atoms with Gasteiger partial charge in [0.2, 0.25) is 5.91 Å². The van der Waals surface area contributed by atoms with Gasteiger partial charge in [-0.3, -0.25) is 14.4 Å². The maximum Gasteiger partial charge on any atom is 0.274 e. The van der Waals surface area contributed by atoms with Gasteiger partial charge >= 0.3 is 0 Å². The van der Waals surface area contributed by atoms with Crippen LogP contribution in [0.15, 0.2) is 16.9 Å². The molecule has 1 saturated heterocycles. The maximum atomic E-state index is 12.7. The summed E-state index contributed by atoms with van der Waals surface area (Å²) in [6, 6.07) is 2.76. The van der Waals surface area contributed by atoms with Crippen LogP contribution in [-0.4, -0.2) is 58.6 Å². The fourth-order valence-electron chi connectivity index (χ4n) is 4.12. The highest BCUT2D eigenvalue weighted by molar-refractivity contribution is 5.96. The molecule has 29 heavy (non-hydrogen) atoms. The molecule has 0 aromatic carbocycles. The highest BCUT2D eigenvalue weighted by atomic mass is 35.5. The van der Waals surface area contributed by atoms with Crippen molar-refractivity contribution in [3.05, 3.63) is 28.2 Å². The van der Waals surface area contributed by atoms with E-state index in [1.165, 1.54) is 50.7 Å². The van der Waals surface area contributed by atoms with Crippen LogP contribution < -0.4 is 16.2 Å². The SMILES string of the molecule is Cl.O=C(NCCNC1CCCCCC1)C1CCCCN1C(=O)c1ccc(=O)[nH]n1. The Morgan fingerprint density at radius 2 is 1.76 bits per heavy atom. The third-order valence-corrected chi connectivity index (χ3v) is 5.68. The molecule has 2 amide bonds. The van der Waals surface area contributed by atoms with Crippen LogP contribution >= 0.6 is 12.4 Å². The van der Waals surface area contributed by atoms with Crippen molar-refractivity contribution in [3.63, 3.8) is 0 Å². The van der Waals surface area contributed by atoms with Gasteiger partial charge in [0.1, 0.15) is 11.7 Å². The van der Waals surface area contributed by atoms with Crippen LogP contribution in [0.4, 0.5) is 0 Å². The van der Waals surface area contributed by atoms with Crippen LogP contribution in [0.2, 0.25) is 0 Å². The number of H-pyrrole nitrogens is 1. The number of rotatable bonds is 6. The van der Waals surface area contributed by atoms with E-state index >= 15 is 0 Å². The number of aromatic nitrogens is 2. The lowest BCUT2D eigenvalue weighted by atomic mass is 10.0. The highest BCUT2D eigenvalue weighted by Crippen LogP contribution is 2.19. The average Bonchev–Trinajstić information content (AvgIpc) is 3.00. The van der Waals surface area contributed by atoms with Crippen molar-refractivity contribution in [2.75, 3.05) is 19.6 Å². The van der Waals surface area contributed by atoms with Crippen molar-refractivity contribution >= 4 is 24.2 Å². The van der Waals surface area contributed by atoms with Gasteiger partial charge in [-0.25, -0.2) is 5.10 Å². The number of nitrogens with zero attached hydrogens (tertiary/aromatic N) is 2. The number of aromatic amines is 1. The normalized spacial score (nSPS) is 20.4. The molecule has 162 valence electrons. The van der Waals surface area contributed by atoms with Crippen LogP contribution in [0.3, 0.4) is 0 Å². The predicted molar refractivity (Wildman–Crippen MR) is 113 cm³/mol. The van der Waals surface area contributed by atoms with E-state index in [1.807, 2.05) is 0 Å². The topological polar surface area (TPSA) is 107 Å². The highest BCUT2D eigenvalue weighted by Gasteiger charge is 2.33. The van der Waals surface area contributed by atoms with E-state index in [0.717, 1.165) is 19.4 Å². The number of likely N-dealkylation sites (tertiary alicyclic amines) is 1. The summed E-state index contributed by atoms with van der Waals surface area (Å²) in [6.07, 6.45) is 10.1. The molecule has 1 unspecified atom stereocenters. The lowest BCUT2D eigenvalue weighted by Gasteiger charge is -2.34. The Kier molecular flexibility index (Phi) is 9.60. The summed E-state index contributed by atoms with van der Waals surface area (Å²) in [5.74, 6) is -0.423. The average molecular weight is 426 g/mol. The molecule has 1 atom stereocenters. The molecule has 0 radical (unpaired) electrons. The Balaban J connectivity index is 0.00000300. The van der Waals surface area contributed by atoms with E-state index in [9.17, 15) is 14.4 Å². The van der Waals surface area contributed by atoms with Crippen molar-refractivity contribution in [1.29, 1.82) is 0 Å². The van der Waals surface area contributed by atoms with E-state index < -0.39 is 6.04 Å². The predicted octanol–water partition coefficient (Wildman–Crippen LogP) is 1.61. The van der Waals surface area contributed by atoms with E-state index in [4.69, 9.17) is 0 Å². The van der Waals surface area contributed by atoms with Crippen LogP contribution in [0.5, 0.6) is 0 Å². The van der Waals surface area contributed by atoms with E-state index in [1.54, 1.807) is 4.90 Å². The lowest BCUT2D eigenvalue weighted by Crippen LogP contribution is -2.53. The van der Waals surface area contributed by atoms with Crippen molar-refractivity contribution < 1.29 is 9.59 Å². The van der Waals surface area contributed by atoms with Gasteiger partial charge in [-0.1, -0.05) is 25.7 Å². The molecule has 3 rings (SSSR count). The summed E-state index contributed by atoms with van der Waals surface area (Å²) in [4.78, 5) is 38.2. The molecule has 2 aliphatic rings. The Morgan fingerprint density at radius 3 is 2.45 bits per heavy atom. The van der Waals surface area contributed by atoms with Crippen LogP contribution in [-0.2, 0) is 4.79 Å². The summed E-state index contributed by atoms with van der Waals surface area (Å²) in [5.41, 5.74) is -0.194. The van der Waals surface area contributed by atoms with Crippen molar-refractivity contribution in [1.82, 2.24) is 25.7 Å². The number of halogens is 1. The molecular weight excluding hydrogens is 394 g/mol. The molecule has 2 heterocycles. The standard InChI is InChI=1S/C20H31N5O3.ClH/c26-18-11-10-16(23-24-18)20(28)25-14-6-5-9-17(25)19(27)22-13-12-21-15-7-3-1-2-4-8-15;/h10-11,15,17,21H,1-9,12-14H2,(H,22,27)(H,24,26);1H. The molecule has 0 bridgehead atoms. The maximum absolute atomic E-state index is 12.7. The summed E-state index contributed by atoms with van der Waals surface area (Å²) < 4.78 is 0. The van der Waals surface area contributed by atoms with Crippen LogP contribution in [0.25, 0.3) is 0 Å². The van der Waals surface area contributed by atoms with Gasteiger partial charge in [-0.15, -0.1) is 12.4 Å². The first-order valence-corrected chi connectivity index (χ1v) is 10.5. The zero-order chi connectivity index (χ0) is 19.8. The first-order valence-electron chi connectivity index (χ1n) is 10.5. The van der Waals surface area contributed by atoms with Gasteiger partial charge in [0, 0.05) is 31.7 Å². The first-order chi connectivity index (χ1) is 13.6. The number of hydrogen-bond donors (Lipinski definition) is 3. The smallest absolute Gasteiger partial charge is 0.274 e. The monoisotopic (exact) mass is 425 g/mol. The quantitative estimate of drug-likeness (QED) is 0.474. The van der Waals surface area contributed by atoms with Gasteiger partial charge in [0.25, 0.3) is 11.5 Å². The van der Waals surface area contributed by atoms with E-state index in [-0.39, 0.29) is 35.5 Å². The van der Waals surface area contributed by atoms with Crippen LogP contribution in [0, 0.1) is 0 Å². The summed E-state index contributed by atoms with van der Waals surface area (Å²) in [5, 5.41) is 12.6.